The number of amides is 2. The van der Waals surface area contributed by atoms with Gasteiger partial charge in [-0.2, -0.15) is 0 Å². The number of fused-ring (bicyclic) bond motifs is 1. The van der Waals surface area contributed by atoms with E-state index in [4.69, 9.17) is 0 Å². The van der Waals surface area contributed by atoms with E-state index in [1.54, 1.807) is 0 Å². The maximum absolute atomic E-state index is 12.6. The number of piperidine rings is 1. The molecule has 1 fully saturated rings. The molecule has 1 spiro atoms. The van der Waals surface area contributed by atoms with Crippen LogP contribution in [0.4, 0.5) is 10.5 Å². The van der Waals surface area contributed by atoms with E-state index in [-0.39, 0.29) is 38.7 Å². The molecule has 1 saturated heterocycles. The number of urea groups is 1. The normalized spacial score (nSPS) is 25.8. The maximum atomic E-state index is 12.6. The van der Waals surface area contributed by atoms with Crippen molar-refractivity contribution in [2.75, 3.05) is 18.4 Å². The maximum Gasteiger partial charge on any atom is 0.323 e. The fourth-order valence-corrected chi connectivity index (χ4v) is 5.79. The minimum Gasteiger partial charge on any atom is -0.316 e. The van der Waals surface area contributed by atoms with Crippen molar-refractivity contribution in [2.24, 2.45) is 5.92 Å². The largest absolute Gasteiger partial charge is 0.323 e. The van der Waals surface area contributed by atoms with Gasteiger partial charge in [0.05, 0.1) is 18.8 Å². The van der Waals surface area contributed by atoms with Gasteiger partial charge < -0.3 is 15.1 Å². The Hall–Kier alpha value is -1.62. The van der Waals surface area contributed by atoms with Gasteiger partial charge in [-0.3, -0.25) is 0 Å². The number of nitrogens with zero attached hydrogens (tertiary/aromatic N) is 1. The molecular formula is C27H33N3OY. The van der Waals surface area contributed by atoms with Gasteiger partial charge in [-0.1, -0.05) is 30.7 Å². The summed E-state index contributed by atoms with van der Waals surface area (Å²) < 4.78 is 1.15. The van der Waals surface area contributed by atoms with Crippen LogP contribution in [0.15, 0.2) is 65.9 Å². The molecule has 32 heavy (non-hydrogen) atoms. The van der Waals surface area contributed by atoms with E-state index in [0.29, 0.717) is 0 Å². The number of benzene rings is 1. The van der Waals surface area contributed by atoms with Gasteiger partial charge in [-0.15, -0.1) is 11.6 Å². The molecule has 0 aromatic heterocycles. The quantitative estimate of drug-likeness (QED) is 0.397. The first-order valence-corrected chi connectivity index (χ1v) is 11.8. The summed E-state index contributed by atoms with van der Waals surface area (Å²) in [5, 5.41) is 6.16. The van der Waals surface area contributed by atoms with Crippen LogP contribution in [0, 0.1) is 12.3 Å². The standard InChI is InChI=1S/C27H33N3O.Y/c31-27(28-24-13-5-2-6-14-24)29-26-15-7-12-23-19-30(20-25(23)26)16-8-11-22(18-30)17-21-9-3-1-4-10-21;/h1-3,5,7,9-10,12-13,15,22H,4,6,8,11,14,16-20H2,(H2,28,29,31);. The molecule has 2 aliphatic heterocycles. The third kappa shape index (κ3) is 5.47. The first-order valence-electron chi connectivity index (χ1n) is 11.8. The third-order valence-electron chi connectivity index (χ3n) is 7.19. The Balaban J connectivity index is 0.00000245. The molecule has 2 heterocycles. The monoisotopic (exact) mass is 504 g/mol. The number of nitrogens with one attached hydrogen (secondary N) is 2. The molecule has 2 aliphatic carbocycles. The van der Waals surface area contributed by atoms with E-state index >= 15 is 0 Å². The van der Waals surface area contributed by atoms with E-state index in [2.05, 4.69) is 59.6 Å². The molecule has 4 aliphatic rings. The fraction of sp³-hybridized carbons (Fsp3) is 0.407. The predicted molar refractivity (Wildman–Crippen MR) is 126 cm³/mol. The van der Waals surface area contributed by atoms with E-state index in [1.807, 2.05) is 12.2 Å². The van der Waals surface area contributed by atoms with Crippen molar-refractivity contribution < 1.29 is 42.0 Å². The number of carbonyl (C=O) groups is 1. The Kier molecular flexibility index (Phi) is 7.76. The molecular weight excluding hydrogens is 471 g/mol. The Morgan fingerprint density at radius 1 is 1.22 bits per heavy atom. The van der Waals surface area contributed by atoms with Gasteiger partial charge in [0, 0.05) is 55.5 Å². The topological polar surface area (TPSA) is 41.1 Å². The summed E-state index contributed by atoms with van der Waals surface area (Å²) in [5.41, 5.74) is 6.22. The molecule has 5 rings (SSSR count). The second kappa shape index (κ2) is 10.5. The van der Waals surface area contributed by atoms with Crippen molar-refractivity contribution in [3.8, 4) is 0 Å². The van der Waals surface area contributed by atoms with Crippen LogP contribution in [-0.4, -0.2) is 23.6 Å². The number of hydrogen-bond donors (Lipinski definition) is 2. The van der Waals surface area contributed by atoms with Crippen molar-refractivity contribution in [3.63, 3.8) is 0 Å². The Labute approximate surface area is 217 Å². The summed E-state index contributed by atoms with van der Waals surface area (Å²) in [4.78, 5) is 12.6. The summed E-state index contributed by atoms with van der Waals surface area (Å²) in [7, 11) is 0. The van der Waals surface area contributed by atoms with Gasteiger partial charge in [0.15, 0.2) is 0 Å². The SMILES string of the molecule is O=C(NC1=CC=CCC1)Nc1cccc2c1C[N+]1(CCCC(CC3=CC[CH-]C=C3)C1)C2.[Y]. The predicted octanol–water partition coefficient (Wildman–Crippen LogP) is 5.76. The van der Waals surface area contributed by atoms with Crippen molar-refractivity contribution in [1.29, 1.82) is 0 Å². The molecule has 1 aromatic rings. The number of anilines is 1. The van der Waals surface area contributed by atoms with Crippen LogP contribution in [0.2, 0.25) is 0 Å². The van der Waals surface area contributed by atoms with Gasteiger partial charge in [0.1, 0.15) is 13.1 Å². The van der Waals surface area contributed by atoms with Crippen LogP contribution in [-0.2, 0) is 45.8 Å². The molecule has 0 saturated carbocycles. The first-order chi connectivity index (χ1) is 15.2. The number of allylic oxidation sites excluding steroid dienone is 8. The van der Waals surface area contributed by atoms with Gasteiger partial charge in [0.2, 0.25) is 0 Å². The zero-order valence-corrected chi connectivity index (χ0v) is 21.7. The van der Waals surface area contributed by atoms with Crippen LogP contribution in [0.25, 0.3) is 0 Å². The van der Waals surface area contributed by atoms with Crippen molar-refractivity contribution in [1.82, 2.24) is 5.32 Å². The molecule has 165 valence electrons. The summed E-state index contributed by atoms with van der Waals surface area (Å²) in [6, 6.07) is 6.28. The second-order valence-electron chi connectivity index (χ2n) is 9.57. The minimum atomic E-state index is -0.127. The molecule has 2 atom stereocenters. The average Bonchev–Trinajstić information content (AvgIpc) is 3.13. The van der Waals surface area contributed by atoms with Crippen molar-refractivity contribution in [3.05, 3.63) is 83.5 Å². The number of hydrogen-bond acceptors (Lipinski definition) is 1. The van der Waals surface area contributed by atoms with Gasteiger partial charge in [-0.25, -0.2) is 23.4 Å². The van der Waals surface area contributed by atoms with E-state index in [9.17, 15) is 4.79 Å². The summed E-state index contributed by atoms with van der Waals surface area (Å²) in [6.45, 7) is 4.63. The third-order valence-corrected chi connectivity index (χ3v) is 7.19. The van der Waals surface area contributed by atoms with Crippen molar-refractivity contribution in [2.45, 2.75) is 51.6 Å². The van der Waals surface area contributed by atoms with E-state index in [1.165, 1.54) is 49.1 Å². The molecule has 5 heteroatoms. The Morgan fingerprint density at radius 2 is 2.16 bits per heavy atom. The Bertz CT molecular complexity index is 977. The zero-order chi connectivity index (χ0) is 21.1. The molecule has 1 aromatic carbocycles. The Morgan fingerprint density at radius 3 is 2.97 bits per heavy atom. The van der Waals surface area contributed by atoms with Crippen LogP contribution in [0.3, 0.4) is 0 Å². The molecule has 1 radical (unpaired) electrons. The fourth-order valence-electron chi connectivity index (χ4n) is 5.79. The van der Waals surface area contributed by atoms with Crippen LogP contribution < -0.4 is 10.6 Å². The zero-order valence-electron chi connectivity index (χ0n) is 18.9. The first kappa shape index (κ1) is 23.5. The minimum absolute atomic E-state index is 0. The van der Waals surface area contributed by atoms with Crippen LogP contribution >= 0.6 is 0 Å². The molecule has 2 unspecified atom stereocenters. The van der Waals surface area contributed by atoms with Crippen LogP contribution in [0.5, 0.6) is 0 Å². The van der Waals surface area contributed by atoms with E-state index in [0.717, 1.165) is 54.1 Å². The second-order valence-corrected chi connectivity index (χ2v) is 9.57. The van der Waals surface area contributed by atoms with Crippen LogP contribution in [0.1, 0.15) is 49.7 Å². The van der Waals surface area contributed by atoms with Gasteiger partial charge in [0.25, 0.3) is 0 Å². The van der Waals surface area contributed by atoms with Crippen molar-refractivity contribution >= 4 is 11.7 Å². The molecule has 4 nitrogen and oxygen atoms in total. The molecule has 2 amide bonds. The van der Waals surface area contributed by atoms with E-state index < -0.39 is 0 Å². The van der Waals surface area contributed by atoms with Gasteiger partial charge >= 0.3 is 6.03 Å². The number of rotatable bonds is 4. The number of quaternary nitrogens is 1. The summed E-state index contributed by atoms with van der Waals surface area (Å²) in [5.74, 6) is 0.753. The van der Waals surface area contributed by atoms with Gasteiger partial charge in [-0.05, 0) is 44.2 Å². The molecule has 2 N–H and O–H groups in total. The number of carbonyl (C=O) groups excluding carboxylic acids is 1. The molecule has 0 bridgehead atoms. The summed E-state index contributed by atoms with van der Waals surface area (Å²) >= 11 is 0. The average molecular weight is 504 g/mol. The smallest absolute Gasteiger partial charge is 0.316 e. The summed E-state index contributed by atoms with van der Waals surface area (Å²) in [6.07, 6.45) is 22.0.